The van der Waals surface area contributed by atoms with Crippen LogP contribution in [0.15, 0.2) is 12.3 Å². The van der Waals surface area contributed by atoms with Gasteiger partial charge in [0.05, 0.1) is 39.0 Å². The zero-order valence-electron chi connectivity index (χ0n) is 9.55. The monoisotopic (exact) mass is 241 g/mol. The van der Waals surface area contributed by atoms with E-state index in [9.17, 15) is 15.0 Å². The van der Waals surface area contributed by atoms with Crippen molar-refractivity contribution in [2.75, 3.05) is 20.3 Å². The first-order valence-corrected chi connectivity index (χ1v) is 5.27. The molecule has 0 atom stereocenters. The number of ether oxygens (including phenoxy) is 2. The largest absolute Gasteiger partial charge is 0.465 e. The van der Waals surface area contributed by atoms with Gasteiger partial charge < -0.3 is 24.3 Å². The Hall–Kier alpha value is -1.37. The Labute approximate surface area is 98.4 Å². The Morgan fingerprint density at radius 1 is 1.59 bits per heavy atom. The number of rotatable bonds is 3. The van der Waals surface area contributed by atoms with Crippen LogP contribution in [0.1, 0.15) is 16.1 Å². The highest BCUT2D eigenvalue weighted by Crippen LogP contribution is 2.24. The van der Waals surface area contributed by atoms with E-state index in [0.29, 0.717) is 12.1 Å². The summed E-state index contributed by atoms with van der Waals surface area (Å²) in [5, 5.41) is 18.5. The highest BCUT2D eigenvalue weighted by molar-refractivity contribution is 5.89. The fraction of sp³-hybridized carbons (Fsp3) is 0.545. The second-order valence-electron chi connectivity index (χ2n) is 4.13. The number of hydrogen-bond donors (Lipinski definition) is 2. The van der Waals surface area contributed by atoms with Crippen molar-refractivity contribution in [1.29, 1.82) is 0 Å². The van der Waals surface area contributed by atoms with Crippen molar-refractivity contribution in [3.05, 3.63) is 23.5 Å². The van der Waals surface area contributed by atoms with Crippen LogP contribution in [-0.2, 0) is 22.6 Å². The first-order chi connectivity index (χ1) is 8.14. The van der Waals surface area contributed by atoms with Crippen LogP contribution in [0.3, 0.4) is 0 Å². The van der Waals surface area contributed by atoms with Gasteiger partial charge in [0.1, 0.15) is 5.60 Å². The maximum atomic E-state index is 11.4. The van der Waals surface area contributed by atoms with Crippen molar-refractivity contribution in [1.82, 2.24) is 4.57 Å². The van der Waals surface area contributed by atoms with E-state index in [2.05, 4.69) is 4.74 Å². The number of aromatic nitrogens is 1. The molecule has 0 saturated heterocycles. The van der Waals surface area contributed by atoms with Crippen molar-refractivity contribution >= 4 is 5.97 Å². The standard InChI is InChI=1S/C11H15NO5/c1-16-10(15)8-2-9-4-17-11(6-13,7-14)5-12(9)3-8/h2-3,13-14H,4-7H2,1H3. The average molecular weight is 241 g/mol. The fourth-order valence-electron chi connectivity index (χ4n) is 1.88. The van der Waals surface area contributed by atoms with E-state index in [4.69, 9.17) is 4.74 Å². The summed E-state index contributed by atoms with van der Waals surface area (Å²) in [6.45, 7) is 0.0216. The van der Waals surface area contributed by atoms with Gasteiger partial charge in [0.2, 0.25) is 0 Å². The van der Waals surface area contributed by atoms with Gasteiger partial charge in [-0.2, -0.15) is 0 Å². The Bertz CT molecular complexity index is 421. The van der Waals surface area contributed by atoms with Crippen LogP contribution in [-0.4, -0.2) is 46.7 Å². The quantitative estimate of drug-likeness (QED) is 0.699. The Morgan fingerprint density at radius 3 is 2.88 bits per heavy atom. The van der Waals surface area contributed by atoms with Crippen LogP contribution in [0, 0.1) is 0 Å². The summed E-state index contributed by atoms with van der Waals surface area (Å²) in [5.74, 6) is -0.412. The first-order valence-electron chi connectivity index (χ1n) is 5.27. The van der Waals surface area contributed by atoms with Crippen molar-refractivity contribution in [2.24, 2.45) is 0 Å². The molecule has 1 aromatic rings. The lowest BCUT2D eigenvalue weighted by Crippen LogP contribution is -2.47. The molecule has 0 radical (unpaired) electrons. The molecule has 0 amide bonds. The lowest BCUT2D eigenvalue weighted by atomic mass is 10.1. The van der Waals surface area contributed by atoms with E-state index in [1.54, 1.807) is 16.8 Å². The van der Waals surface area contributed by atoms with Crippen molar-refractivity contribution in [3.63, 3.8) is 0 Å². The molecule has 1 aliphatic rings. The van der Waals surface area contributed by atoms with Crippen molar-refractivity contribution in [2.45, 2.75) is 18.8 Å². The second-order valence-corrected chi connectivity index (χ2v) is 4.13. The molecule has 6 nitrogen and oxygen atoms in total. The SMILES string of the molecule is COC(=O)c1cc2n(c1)CC(CO)(CO)OC2. The fourth-order valence-corrected chi connectivity index (χ4v) is 1.88. The van der Waals surface area contributed by atoms with Crippen molar-refractivity contribution in [3.8, 4) is 0 Å². The lowest BCUT2D eigenvalue weighted by molar-refractivity contribution is -0.141. The summed E-state index contributed by atoms with van der Waals surface area (Å²) in [6, 6.07) is 1.69. The second kappa shape index (κ2) is 4.48. The van der Waals surface area contributed by atoms with Gasteiger partial charge in [-0.25, -0.2) is 4.79 Å². The average Bonchev–Trinajstić information content (AvgIpc) is 2.79. The van der Waals surface area contributed by atoms with Crippen LogP contribution < -0.4 is 0 Å². The molecular weight excluding hydrogens is 226 g/mol. The number of fused-ring (bicyclic) bond motifs is 1. The highest BCUT2D eigenvalue weighted by Gasteiger charge is 2.35. The normalized spacial score (nSPS) is 17.6. The van der Waals surface area contributed by atoms with Crippen LogP contribution in [0.4, 0.5) is 0 Å². The van der Waals surface area contributed by atoms with Gasteiger partial charge in [0.15, 0.2) is 0 Å². The molecule has 17 heavy (non-hydrogen) atoms. The molecule has 1 aromatic heterocycles. The third-order valence-electron chi connectivity index (χ3n) is 2.97. The molecule has 0 spiro atoms. The molecular formula is C11H15NO5. The smallest absolute Gasteiger partial charge is 0.339 e. The summed E-state index contributed by atoms with van der Waals surface area (Å²) >= 11 is 0. The molecule has 2 rings (SSSR count). The van der Waals surface area contributed by atoms with Gasteiger partial charge in [0, 0.05) is 11.9 Å². The molecule has 0 saturated carbocycles. The zero-order valence-corrected chi connectivity index (χ0v) is 9.55. The number of esters is 1. The summed E-state index contributed by atoms with van der Waals surface area (Å²) in [5.41, 5.74) is 0.292. The number of methoxy groups -OCH3 is 1. The topological polar surface area (TPSA) is 80.9 Å². The Kier molecular flexibility index (Phi) is 3.19. The molecule has 0 aromatic carbocycles. The summed E-state index contributed by atoms with van der Waals surface area (Å²) in [6.07, 6.45) is 1.64. The van der Waals surface area contributed by atoms with Crippen LogP contribution in [0.2, 0.25) is 0 Å². The van der Waals surface area contributed by atoms with Crippen LogP contribution in [0.25, 0.3) is 0 Å². The van der Waals surface area contributed by atoms with Crippen molar-refractivity contribution < 1.29 is 24.5 Å². The maximum Gasteiger partial charge on any atom is 0.339 e. The summed E-state index contributed by atoms with van der Waals surface area (Å²) < 4.78 is 11.9. The van der Waals surface area contributed by atoms with E-state index >= 15 is 0 Å². The number of carbonyl (C=O) groups excluding carboxylic acids is 1. The molecule has 0 aliphatic carbocycles. The minimum absolute atomic E-state index is 0.248. The number of hydrogen-bond acceptors (Lipinski definition) is 5. The third-order valence-corrected chi connectivity index (χ3v) is 2.97. The predicted octanol–water partition coefficient (Wildman–Crippen LogP) is -0.472. The van der Waals surface area contributed by atoms with Gasteiger partial charge in [-0.05, 0) is 6.07 Å². The van der Waals surface area contributed by atoms with Crippen LogP contribution in [0.5, 0.6) is 0 Å². The minimum Gasteiger partial charge on any atom is -0.465 e. The maximum absolute atomic E-state index is 11.4. The predicted molar refractivity (Wildman–Crippen MR) is 57.5 cm³/mol. The molecule has 2 heterocycles. The molecule has 6 heteroatoms. The van der Waals surface area contributed by atoms with E-state index in [-0.39, 0.29) is 19.8 Å². The molecule has 0 fully saturated rings. The minimum atomic E-state index is -0.973. The molecule has 94 valence electrons. The van der Waals surface area contributed by atoms with Crippen LogP contribution >= 0.6 is 0 Å². The number of nitrogens with zero attached hydrogens (tertiary/aromatic N) is 1. The van der Waals surface area contributed by atoms with Gasteiger partial charge in [-0.1, -0.05) is 0 Å². The Morgan fingerprint density at radius 2 is 2.29 bits per heavy atom. The third kappa shape index (κ3) is 2.06. The van der Waals surface area contributed by atoms with E-state index in [1.807, 2.05) is 0 Å². The van der Waals surface area contributed by atoms with Gasteiger partial charge in [0.25, 0.3) is 0 Å². The molecule has 2 N–H and O–H groups in total. The first kappa shape index (κ1) is 12.1. The van der Waals surface area contributed by atoms with E-state index in [0.717, 1.165) is 5.69 Å². The number of aliphatic hydroxyl groups is 2. The zero-order chi connectivity index (χ0) is 12.5. The number of carbonyl (C=O) groups is 1. The lowest BCUT2D eigenvalue weighted by Gasteiger charge is -2.35. The van der Waals surface area contributed by atoms with Gasteiger partial charge in [-0.15, -0.1) is 0 Å². The van der Waals surface area contributed by atoms with E-state index in [1.165, 1.54) is 7.11 Å². The number of aliphatic hydroxyl groups excluding tert-OH is 2. The van der Waals surface area contributed by atoms with Gasteiger partial charge in [-0.3, -0.25) is 0 Å². The summed E-state index contributed by atoms with van der Waals surface area (Å²) in [7, 11) is 1.32. The Balaban J connectivity index is 2.26. The molecule has 0 unspecified atom stereocenters. The molecule has 1 aliphatic heterocycles. The van der Waals surface area contributed by atoms with E-state index < -0.39 is 11.6 Å². The summed E-state index contributed by atoms with van der Waals surface area (Å²) in [4.78, 5) is 11.4. The highest BCUT2D eigenvalue weighted by atomic mass is 16.5. The molecule has 0 bridgehead atoms. The van der Waals surface area contributed by atoms with Gasteiger partial charge >= 0.3 is 5.97 Å².